The summed E-state index contributed by atoms with van der Waals surface area (Å²) in [5.74, 6) is -0.483. The van der Waals surface area contributed by atoms with Crippen LogP contribution in [0.3, 0.4) is 0 Å². The van der Waals surface area contributed by atoms with Crippen molar-refractivity contribution in [3.05, 3.63) is 7.05 Å². The monoisotopic (exact) mass is 177 g/mol. The fraction of sp³-hybridized carbons (Fsp3) is 0.400. The maximum absolute atomic E-state index is 10.2. The number of rotatable bonds is 2. The van der Waals surface area contributed by atoms with E-state index in [-0.39, 0.29) is 35.2 Å². The molecule has 0 aromatic heterocycles. The summed E-state index contributed by atoms with van der Waals surface area (Å²) in [7, 11) is 3.09. The number of nitrogens with one attached hydrogen (secondary N) is 1. The molecule has 0 radical (unpaired) electrons. The molecule has 0 fully saturated rings. The van der Waals surface area contributed by atoms with Gasteiger partial charge in [-0.15, -0.1) is 0 Å². The van der Waals surface area contributed by atoms with E-state index in [9.17, 15) is 9.59 Å². The standard InChI is InChI=1S/C5H8NO2.Cu/c1-4(7)3-5(8)6-2;/h2-3H2,1H3,(H,6,8);/q-1;+1. The first kappa shape index (κ1) is 11.5. The van der Waals surface area contributed by atoms with E-state index in [1.54, 1.807) is 0 Å². The number of hydrogen-bond donors (Lipinski definition) is 1. The van der Waals surface area contributed by atoms with Crippen LogP contribution in [-0.4, -0.2) is 11.7 Å². The third-order valence-electron chi connectivity index (χ3n) is 0.607. The number of carbonyl (C=O) groups is 2. The Hall–Kier alpha value is -0.341. The molecule has 4 heteroatoms. The van der Waals surface area contributed by atoms with Crippen molar-refractivity contribution >= 4 is 11.7 Å². The van der Waals surface area contributed by atoms with Crippen LogP contribution < -0.4 is 5.32 Å². The molecule has 0 saturated carbocycles. The molecular formula is C5H8CuNO2. The van der Waals surface area contributed by atoms with Crippen molar-refractivity contribution in [2.75, 3.05) is 0 Å². The molecule has 0 aliphatic heterocycles. The normalized spacial score (nSPS) is 7.33. The fourth-order valence-electron chi connectivity index (χ4n) is 0.289. The smallest absolute Gasteiger partial charge is 0.508 e. The Balaban J connectivity index is 0. The molecule has 0 bridgehead atoms. The van der Waals surface area contributed by atoms with Crippen molar-refractivity contribution in [1.82, 2.24) is 5.32 Å². The van der Waals surface area contributed by atoms with Crippen molar-refractivity contribution < 1.29 is 26.7 Å². The van der Waals surface area contributed by atoms with Crippen molar-refractivity contribution in [3.63, 3.8) is 0 Å². The van der Waals surface area contributed by atoms with Gasteiger partial charge in [0.15, 0.2) is 5.91 Å². The molecule has 0 saturated heterocycles. The summed E-state index contributed by atoms with van der Waals surface area (Å²) in [4.78, 5) is 20.4. The van der Waals surface area contributed by atoms with Gasteiger partial charge >= 0.3 is 17.1 Å². The van der Waals surface area contributed by atoms with E-state index >= 15 is 0 Å². The fourth-order valence-corrected chi connectivity index (χ4v) is 0.289. The maximum Gasteiger partial charge on any atom is 1.00 e. The first-order valence-corrected chi connectivity index (χ1v) is 2.22. The second-order valence-corrected chi connectivity index (χ2v) is 1.48. The van der Waals surface area contributed by atoms with Crippen LogP contribution in [0.25, 0.3) is 0 Å². The van der Waals surface area contributed by atoms with E-state index < -0.39 is 0 Å². The zero-order valence-corrected chi connectivity index (χ0v) is 5.97. The van der Waals surface area contributed by atoms with E-state index in [1.807, 2.05) is 0 Å². The average molecular weight is 178 g/mol. The Labute approximate surface area is 64.7 Å². The quantitative estimate of drug-likeness (QED) is 0.363. The number of amides is 1. The summed E-state index contributed by atoms with van der Waals surface area (Å²) >= 11 is 0. The van der Waals surface area contributed by atoms with Gasteiger partial charge in [-0.1, -0.05) is 0 Å². The topological polar surface area (TPSA) is 46.2 Å². The largest absolute Gasteiger partial charge is 1.00 e. The van der Waals surface area contributed by atoms with Crippen molar-refractivity contribution in [2.45, 2.75) is 13.3 Å². The Morgan fingerprint density at radius 3 is 2.11 bits per heavy atom. The minimum atomic E-state index is -0.336. The van der Waals surface area contributed by atoms with Crippen molar-refractivity contribution in [3.8, 4) is 0 Å². The second-order valence-electron chi connectivity index (χ2n) is 1.48. The molecule has 0 atom stereocenters. The van der Waals surface area contributed by atoms with Crippen LogP contribution >= 0.6 is 0 Å². The van der Waals surface area contributed by atoms with E-state index in [4.69, 9.17) is 0 Å². The molecule has 1 amide bonds. The third-order valence-corrected chi connectivity index (χ3v) is 0.607. The summed E-state index contributed by atoms with van der Waals surface area (Å²) in [6.07, 6.45) is -0.0660. The minimum absolute atomic E-state index is 0. The summed E-state index contributed by atoms with van der Waals surface area (Å²) in [5, 5.41) is 2.09. The van der Waals surface area contributed by atoms with Gasteiger partial charge in [-0.3, -0.25) is 16.6 Å². The first-order valence-electron chi connectivity index (χ1n) is 2.22. The Morgan fingerprint density at radius 1 is 1.56 bits per heavy atom. The van der Waals surface area contributed by atoms with Gasteiger partial charge in [-0.05, 0) is 6.92 Å². The van der Waals surface area contributed by atoms with E-state index in [1.165, 1.54) is 6.92 Å². The van der Waals surface area contributed by atoms with Crippen molar-refractivity contribution in [2.24, 2.45) is 0 Å². The van der Waals surface area contributed by atoms with Gasteiger partial charge in [0.25, 0.3) is 0 Å². The summed E-state index contributed by atoms with van der Waals surface area (Å²) in [5.41, 5.74) is 0. The predicted octanol–water partition coefficient (Wildman–Crippen LogP) is -0.129. The van der Waals surface area contributed by atoms with Crippen LogP contribution in [0, 0.1) is 7.05 Å². The van der Waals surface area contributed by atoms with E-state index in [2.05, 4.69) is 12.4 Å². The molecule has 0 heterocycles. The zero-order valence-electron chi connectivity index (χ0n) is 5.03. The average Bonchev–Trinajstić information content (AvgIpc) is 1.65. The number of ketones is 1. The molecule has 9 heavy (non-hydrogen) atoms. The van der Waals surface area contributed by atoms with Crippen LogP contribution in [0.2, 0.25) is 0 Å². The van der Waals surface area contributed by atoms with E-state index in [0.717, 1.165) is 0 Å². The summed E-state index contributed by atoms with van der Waals surface area (Å²) in [6, 6.07) is 0. The van der Waals surface area contributed by atoms with Gasteiger partial charge in [0, 0.05) is 0 Å². The second kappa shape index (κ2) is 5.79. The zero-order chi connectivity index (χ0) is 6.57. The van der Waals surface area contributed by atoms with Gasteiger partial charge < -0.3 is 5.32 Å². The summed E-state index contributed by atoms with van der Waals surface area (Å²) < 4.78 is 0. The van der Waals surface area contributed by atoms with Crippen molar-refractivity contribution in [1.29, 1.82) is 0 Å². The molecule has 0 rings (SSSR count). The molecule has 56 valence electrons. The molecule has 0 unspecified atom stereocenters. The van der Waals surface area contributed by atoms with E-state index in [0.29, 0.717) is 0 Å². The molecule has 3 nitrogen and oxygen atoms in total. The van der Waals surface area contributed by atoms with Crippen LogP contribution in [-0.2, 0) is 26.7 Å². The van der Waals surface area contributed by atoms with Gasteiger partial charge in [-0.2, -0.15) is 0 Å². The SMILES string of the molecule is [CH2-]NC(=O)CC(C)=O.[Cu+]. The Kier molecular flexibility index (Phi) is 7.37. The summed E-state index contributed by atoms with van der Waals surface area (Å²) in [6.45, 7) is 1.36. The van der Waals surface area contributed by atoms with Gasteiger partial charge in [-0.25, -0.2) is 0 Å². The third kappa shape index (κ3) is 7.66. The van der Waals surface area contributed by atoms with Gasteiger partial charge in [0.1, 0.15) is 5.78 Å². The van der Waals surface area contributed by atoms with Crippen LogP contribution in [0.1, 0.15) is 13.3 Å². The first-order chi connectivity index (χ1) is 3.66. The molecule has 0 aromatic carbocycles. The molecule has 0 aliphatic rings. The molecule has 0 spiro atoms. The van der Waals surface area contributed by atoms with Gasteiger partial charge in [0.2, 0.25) is 0 Å². The minimum Gasteiger partial charge on any atom is -0.508 e. The molecule has 1 N–H and O–H groups in total. The number of Topliss-reactive ketones (excluding diaryl/α,β-unsaturated/α-hetero) is 1. The van der Waals surface area contributed by atoms with Crippen LogP contribution in [0.15, 0.2) is 0 Å². The molecular weight excluding hydrogens is 170 g/mol. The Morgan fingerprint density at radius 2 is 2.00 bits per heavy atom. The maximum atomic E-state index is 10.2. The predicted molar refractivity (Wildman–Crippen MR) is 28.8 cm³/mol. The Bertz CT molecular complexity index is 114. The van der Waals surface area contributed by atoms with Crippen LogP contribution in [0.4, 0.5) is 0 Å². The molecule has 0 aromatic rings. The van der Waals surface area contributed by atoms with Crippen LogP contribution in [0.5, 0.6) is 0 Å². The molecule has 0 aliphatic carbocycles. The number of carbonyl (C=O) groups excluding carboxylic acids is 2. The van der Waals surface area contributed by atoms with Gasteiger partial charge in [0.05, 0.1) is 6.42 Å². The number of hydrogen-bond acceptors (Lipinski definition) is 2.